The minimum atomic E-state index is -0.741. The van der Waals surface area contributed by atoms with Crippen molar-refractivity contribution in [1.29, 1.82) is 0 Å². The molecule has 9 nitrogen and oxygen atoms in total. The molecule has 0 radical (unpaired) electrons. The largest absolute Gasteiger partial charge is 0.459 e. The van der Waals surface area contributed by atoms with Crippen molar-refractivity contribution in [3.8, 4) is 11.1 Å². The summed E-state index contributed by atoms with van der Waals surface area (Å²) in [6, 6.07) is 25.1. The predicted molar refractivity (Wildman–Crippen MR) is 135 cm³/mol. The minimum Gasteiger partial charge on any atom is -0.459 e. The van der Waals surface area contributed by atoms with Gasteiger partial charge in [-0.1, -0.05) is 78.9 Å². The van der Waals surface area contributed by atoms with Crippen molar-refractivity contribution in [2.45, 2.75) is 18.9 Å². The van der Waals surface area contributed by atoms with E-state index in [1.165, 1.54) is 0 Å². The van der Waals surface area contributed by atoms with E-state index in [-0.39, 0.29) is 32.1 Å². The van der Waals surface area contributed by atoms with Crippen LogP contribution < -0.4 is 10.9 Å². The van der Waals surface area contributed by atoms with Crippen LogP contribution in [0.4, 0.5) is 4.79 Å². The topological polar surface area (TPSA) is 114 Å². The molecule has 190 valence electrons. The van der Waals surface area contributed by atoms with Crippen molar-refractivity contribution in [3.05, 3.63) is 95.6 Å². The molecule has 3 aromatic rings. The van der Waals surface area contributed by atoms with E-state index in [4.69, 9.17) is 9.47 Å². The molecule has 3 amide bonds. The Morgan fingerprint density at radius 1 is 0.838 bits per heavy atom. The summed E-state index contributed by atoms with van der Waals surface area (Å²) in [5.74, 6) is -1.31. The molecule has 0 saturated carbocycles. The second kappa shape index (κ2) is 12.3. The average Bonchev–Trinajstić information content (AvgIpc) is 3.25. The van der Waals surface area contributed by atoms with E-state index in [9.17, 15) is 19.2 Å². The maximum Gasteiger partial charge on any atom is 0.410 e. The summed E-state index contributed by atoms with van der Waals surface area (Å²) in [5.41, 5.74) is 9.35. The number of hydrazine groups is 1. The number of hydrogen-bond donors (Lipinski definition) is 2. The lowest BCUT2D eigenvalue weighted by Crippen LogP contribution is -2.42. The summed E-state index contributed by atoms with van der Waals surface area (Å²) in [5, 5.41) is 0. The molecule has 0 fully saturated rings. The molecule has 0 spiro atoms. The van der Waals surface area contributed by atoms with Gasteiger partial charge >= 0.3 is 12.1 Å². The molecule has 0 aliphatic heterocycles. The van der Waals surface area contributed by atoms with Gasteiger partial charge in [0.1, 0.15) is 19.8 Å². The van der Waals surface area contributed by atoms with Crippen LogP contribution in [0.5, 0.6) is 0 Å². The van der Waals surface area contributed by atoms with E-state index in [1.54, 1.807) is 0 Å². The highest BCUT2D eigenvalue weighted by molar-refractivity contribution is 5.81. The van der Waals surface area contributed by atoms with E-state index in [1.807, 2.05) is 78.9 Å². The molecule has 37 heavy (non-hydrogen) atoms. The highest BCUT2D eigenvalue weighted by atomic mass is 16.6. The Bertz CT molecular complexity index is 1220. The molecule has 9 heteroatoms. The molecule has 0 heterocycles. The Labute approximate surface area is 214 Å². The van der Waals surface area contributed by atoms with Crippen molar-refractivity contribution in [1.82, 2.24) is 15.8 Å². The Hall–Kier alpha value is -4.66. The Morgan fingerprint density at radius 3 is 2.11 bits per heavy atom. The molecule has 1 aliphatic carbocycles. The number of esters is 1. The summed E-state index contributed by atoms with van der Waals surface area (Å²) in [7, 11) is 0. The van der Waals surface area contributed by atoms with Crippen LogP contribution in [0.15, 0.2) is 78.9 Å². The predicted octanol–water partition coefficient (Wildman–Crippen LogP) is 3.15. The zero-order valence-corrected chi connectivity index (χ0v) is 20.1. The lowest BCUT2D eigenvalue weighted by molar-refractivity contribution is -0.146. The number of rotatable bonds is 11. The Balaban J connectivity index is 1.41. The van der Waals surface area contributed by atoms with Gasteiger partial charge in [-0.3, -0.25) is 30.1 Å². The number of benzene rings is 3. The van der Waals surface area contributed by atoms with Gasteiger partial charge in [-0.2, -0.15) is 0 Å². The molecule has 0 atom stereocenters. The quantitative estimate of drug-likeness (QED) is 0.237. The van der Waals surface area contributed by atoms with Crippen molar-refractivity contribution >= 4 is 24.4 Å². The monoisotopic (exact) mass is 501 g/mol. The molecule has 0 saturated heterocycles. The molecule has 2 N–H and O–H groups in total. The second-order valence-corrected chi connectivity index (χ2v) is 8.43. The second-order valence-electron chi connectivity index (χ2n) is 8.43. The zero-order chi connectivity index (χ0) is 26.0. The van der Waals surface area contributed by atoms with Crippen LogP contribution in [0.3, 0.4) is 0 Å². The third kappa shape index (κ3) is 6.52. The number of nitrogens with zero attached hydrogens (tertiary/aromatic N) is 1. The molecule has 4 rings (SSSR count). The Morgan fingerprint density at radius 2 is 1.46 bits per heavy atom. The third-order valence-electron chi connectivity index (χ3n) is 6.04. The smallest absolute Gasteiger partial charge is 0.410 e. The molecule has 0 bridgehead atoms. The number of ether oxygens (including phenoxy) is 2. The minimum absolute atomic E-state index is 0.0575. The van der Waals surface area contributed by atoms with E-state index in [0.717, 1.165) is 32.7 Å². The van der Waals surface area contributed by atoms with Crippen molar-refractivity contribution in [2.24, 2.45) is 0 Å². The maximum atomic E-state index is 13.1. The van der Waals surface area contributed by atoms with Crippen LogP contribution in [0.25, 0.3) is 11.1 Å². The summed E-state index contributed by atoms with van der Waals surface area (Å²) in [4.78, 5) is 49.0. The third-order valence-corrected chi connectivity index (χ3v) is 6.04. The standard InChI is InChI=1S/C28H27N3O6/c32-19-29-30-26(33)14-15-31(16-27(34)36-17-20-8-2-1-3-9-20)28(35)37-18-25-23-12-6-4-10-21(23)22-11-5-7-13-24(22)25/h1-13,19,25H,14-18H2,(H,29,32)(H,30,33). The lowest BCUT2D eigenvalue weighted by atomic mass is 9.98. The van der Waals surface area contributed by atoms with Crippen LogP contribution in [0, 0.1) is 0 Å². The van der Waals surface area contributed by atoms with Crippen molar-refractivity contribution in [2.75, 3.05) is 19.7 Å². The van der Waals surface area contributed by atoms with Crippen LogP contribution in [0.1, 0.15) is 29.0 Å². The first kappa shape index (κ1) is 25.4. The SMILES string of the molecule is O=CNNC(=O)CCN(CC(=O)OCc1ccccc1)C(=O)OCC1c2ccccc2-c2ccccc21. The number of carbonyl (C=O) groups is 4. The average molecular weight is 502 g/mol. The van der Waals surface area contributed by atoms with E-state index >= 15 is 0 Å². The van der Waals surface area contributed by atoms with Crippen LogP contribution in [0.2, 0.25) is 0 Å². The molecular weight excluding hydrogens is 474 g/mol. The van der Waals surface area contributed by atoms with Gasteiger partial charge in [-0.25, -0.2) is 4.79 Å². The first-order chi connectivity index (χ1) is 18.1. The summed E-state index contributed by atoms with van der Waals surface area (Å²) < 4.78 is 11.0. The van der Waals surface area contributed by atoms with E-state index in [2.05, 4.69) is 10.9 Å². The lowest BCUT2D eigenvalue weighted by Gasteiger charge is -2.22. The van der Waals surface area contributed by atoms with Crippen LogP contribution in [-0.2, 0) is 30.5 Å². The number of fused-ring (bicyclic) bond motifs is 3. The number of carbonyl (C=O) groups excluding carboxylic acids is 4. The summed E-state index contributed by atoms with van der Waals surface area (Å²) in [6.07, 6.45) is -0.575. The van der Waals surface area contributed by atoms with Crippen molar-refractivity contribution in [3.63, 3.8) is 0 Å². The molecule has 3 aromatic carbocycles. The fraction of sp³-hybridized carbons (Fsp3) is 0.214. The fourth-order valence-electron chi connectivity index (χ4n) is 4.27. The Kier molecular flexibility index (Phi) is 8.49. The normalized spacial score (nSPS) is 11.6. The van der Waals surface area contributed by atoms with Gasteiger partial charge < -0.3 is 9.47 Å². The van der Waals surface area contributed by atoms with E-state index in [0.29, 0.717) is 6.41 Å². The van der Waals surface area contributed by atoms with Gasteiger partial charge in [0.15, 0.2) is 0 Å². The summed E-state index contributed by atoms with van der Waals surface area (Å²) >= 11 is 0. The fourth-order valence-corrected chi connectivity index (χ4v) is 4.27. The summed E-state index contributed by atoms with van der Waals surface area (Å²) in [6.45, 7) is -0.370. The number of nitrogens with one attached hydrogen (secondary N) is 2. The van der Waals surface area contributed by atoms with Gasteiger partial charge in [0.25, 0.3) is 0 Å². The molecule has 1 aliphatic rings. The van der Waals surface area contributed by atoms with Crippen LogP contribution in [-0.4, -0.2) is 49.0 Å². The van der Waals surface area contributed by atoms with Crippen molar-refractivity contribution < 1.29 is 28.7 Å². The molecule has 0 aromatic heterocycles. The maximum absolute atomic E-state index is 13.1. The number of hydrogen-bond acceptors (Lipinski definition) is 6. The zero-order valence-electron chi connectivity index (χ0n) is 20.1. The number of amides is 3. The van der Waals surface area contributed by atoms with Gasteiger partial charge in [-0.05, 0) is 27.8 Å². The molecular formula is C28H27N3O6. The van der Waals surface area contributed by atoms with Gasteiger partial charge in [0.05, 0.1) is 0 Å². The first-order valence-corrected chi connectivity index (χ1v) is 11.8. The van der Waals surface area contributed by atoms with Gasteiger partial charge in [-0.15, -0.1) is 0 Å². The highest BCUT2D eigenvalue weighted by Gasteiger charge is 2.30. The highest BCUT2D eigenvalue weighted by Crippen LogP contribution is 2.44. The van der Waals surface area contributed by atoms with Gasteiger partial charge in [0.2, 0.25) is 12.3 Å². The van der Waals surface area contributed by atoms with Gasteiger partial charge in [0, 0.05) is 18.9 Å². The van der Waals surface area contributed by atoms with E-state index < -0.39 is 24.5 Å². The molecule has 0 unspecified atom stereocenters. The first-order valence-electron chi connectivity index (χ1n) is 11.8. The van der Waals surface area contributed by atoms with Crippen LogP contribution >= 0.6 is 0 Å².